The molecule has 0 aromatic rings. The first-order chi connectivity index (χ1) is 10.8. The summed E-state index contributed by atoms with van der Waals surface area (Å²) >= 11 is 0. The van der Waals surface area contributed by atoms with Crippen molar-refractivity contribution in [2.24, 2.45) is 5.92 Å². The number of nitrogens with zero attached hydrogens (tertiary/aromatic N) is 1. The molecule has 0 aromatic carbocycles. The quantitative estimate of drug-likeness (QED) is 0.791. The average Bonchev–Trinajstić information content (AvgIpc) is 2.71. The molecule has 122 valence electrons. The Kier molecular flexibility index (Phi) is 4.63. The molecule has 1 N–H and O–H groups in total. The predicted molar refractivity (Wildman–Crippen MR) is 83.8 cm³/mol. The minimum absolute atomic E-state index is 0.0448. The minimum atomic E-state index is -0.953. The van der Waals surface area contributed by atoms with Gasteiger partial charge in [-0.3, -0.25) is 29.4 Å². The molecule has 0 aliphatic carbocycles. The molecule has 0 spiro atoms. The SMILES string of the molecule is C=CC1=C(/C(=C\C)C(C)C)C(=O)N(C2CCC(=O)NC2=O)C1=O. The third-order valence-electron chi connectivity index (χ3n) is 4.10. The summed E-state index contributed by atoms with van der Waals surface area (Å²) in [5.41, 5.74) is 1.25. The minimum Gasteiger partial charge on any atom is -0.295 e. The van der Waals surface area contributed by atoms with Crippen molar-refractivity contribution in [2.45, 2.75) is 39.7 Å². The number of hydrogen-bond donors (Lipinski definition) is 1. The third kappa shape index (κ3) is 2.76. The van der Waals surface area contributed by atoms with Gasteiger partial charge in [0.1, 0.15) is 6.04 Å². The highest BCUT2D eigenvalue weighted by molar-refractivity contribution is 6.24. The molecule has 1 unspecified atom stereocenters. The predicted octanol–water partition coefficient (Wildman–Crippen LogP) is 1.25. The maximum absolute atomic E-state index is 12.8. The highest BCUT2D eigenvalue weighted by atomic mass is 16.2. The van der Waals surface area contributed by atoms with Crippen molar-refractivity contribution >= 4 is 23.6 Å². The van der Waals surface area contributed by atoms with Crippen LogP contribution >= 0.6 is 0 Å². The van der Waals surface area contributed by atoms with Gasteiger partial charge >= 0.3 is 0 Å². The molecular weight excluding hydrogens is 296 g/mol. The van der Waals surface area contributed by atoms with Crippen molar-refractivity contribution in [3.63, 3.8) is 0 Å². The van der Waals surface area contributed by atoms with Gasteiger partial charge in [0.05, 0.1) is 11.1 Å². The largest absolute Gasteiger partial charge is 0.295 e. The van der Waals surface area contributed by atoms with Crippen molar-refractivity contribution in [3.8, 4) is 0 Å². The van der Waals surface area contributed by atoms with Crippen molar-refractivity contribution in [1.82, 2.24) is 10.2 Å². The molecule has 1 atom stereocenters. The van der Waals surface area contributed by atoms with Crippen LogP contribution in [0.5, 0.6) is 0 Å². The molecular formula is C17H20N2O4. The first kappa shape index (κ1) is 16.9. The summed E-state index contributed by atoms with van der Waals surface area (Å²) in [5, 5.41) is 2.18. The molecule has 6 nitrogen and oxygen atoms in total. The van der Waals surface area contributed by atoms with Gasteiger partial charge in [0.25, 0.3) is 11.8 Å². The number of allylic oxidation sites excluding steroid dienone is 1. The summed E-state index contributed by atoms with van der Waals surface area (Å²) in [6, 6.07) is -0.953. The first-order valence-corrected chi connectivity index (χ1v) is 7.58. The summed E-state index contributed by atoms with van der Waals surface area (Å²) < 4.78 is 0. The van der Waals surface area contributed by atoms with Gasteiger partial charge in [-0.1, -0.05) is 32.6 Å². The first-order valence-electron chi connectivity index (χ1n) is 7.58. The molecule has 1 fully saturated rings. The molecule has 6 heteroatoms. The summed E-state index contributed by atoms with van der Waals surface area (Å²) in [7, 11) is 0. The fourth-order valence-electron chi connectivity index (χ4n) is 3.01. The molecule has 2 rings (SSSR count). The summed E-state index contributed by atoms with van der Waals surface area (Å²) in [4.78, 5) is 49.7. The van der Waals surface area contributed by atoms with Gasteiger partial charge in [0, 0.05) is 6.42 Å². The lowest BCUT2D eigenvalue weighted by Crippen LogP contribution is -2.54. The van der Waals surface area contributed by atoms with Crippen LogP contribution < -0.4 is 5.32 Å². The summed E-state index contributed by atoms with van der Waals surface area (Å²) in [6.07, 6.45) is 3.40. The smallest absolute Gasteiger partial charge is 0.262 e. The number of hydrogen-bond acceptors (Lipinski definition) is 4. The lowest BCUT2D eigenvalue weighted by molar-refractivity contribution is -0.149. The van der Waals surface area contributed by atoms with Gasteiger partial charge in [0.15, 0.2) is 0 Å². The zero-order chi connectivity index (χ0) is 17.3. The van der Waals surface area contributed by atoms with E-state index in [4.69, 9.17) is 0 Å². The van der Waals surface area contributed by atoms with Gasteiger partial charge < -0.3 is 0 Å². The molecule has 23 heavy (non-hydrogen) atoms. The van der Waals surface area contributed by atoms with Crippen LogP contribution in [0.4, 0.5) is 0 Å². The molecule has 1 saturated heterocycles. The van der Waals surface area contributed by atoms with Gasteiger partial charge in [0.2, 0.25) is 11.8 Å². The molecule has 0 saturated carbocycles. The maximum Gasteiger partial charge on any atom is 0.262 e. The summed E-state index contributed by atoms with van der Waals surface area (Å²) in [5.74, 6) is -1.99. The van der Waals surface area contributed by atoms with E-state index in [0.29, 0.717) is 5.57 Å². The summed E-state index contributed by atoms with van der Waals surface area (Å²) in [6.45, 7) is 9.28. The van der Waals surface area contributed by atoms with Crippen molar-refractivity contribution < 1.29 is 19.2 Å². The molecule has 2 heterocycles. The second-order valence-electron chi connectivity index (χ2n) is 5.84. The Morgan fingerprint density at radius 1 is 1.26 bits per heavy atom. The fourth-order valence-corrected chi connectivity index (χ4v) is 3.01. The van der Waals surface area contributed by atoms with E-state index in [-0.39, 0.29) is 24.3 Å². The van der Waals surface area contributed by atoms with E-state index in [0.717, 1.165) is 10.5 Å². The average molecular weight is 316 g/mol. The van der Waals surface area contributed by atoms with E-state index >= 15 is 0 Å². The van der Waals surface area contributed by atoms with Crippen LogP contribution in [0.2, 0.25) is 0 Å². The number of rotatable bonds is 4. The van der Waals surface area contributed by atoms with Gasteiger partial charge in [-0.25, -0.2) is 0 Å². The van der Waals surface area contributed by atoms with E-state index in [2.05, 4.69) is 11.9 Å². The lowest BCUT2D eigenvalue weighted by Gasteiger charge is -2.28. The van der Waals surface area contributed by atoms with E-state index in [1.807, 2.05) is 13.8 Å². The zero-order valence-electron chi connectivity index (χ0n) is 13.5. The second kappa shape index (κ2) is 6.32. The Hall–Kier alpha value is -2.50. The lowest BCUT2D eigenvalue weighted by atomic mass is 9.92. The van der Waals surface area contributed by atoms with Gasteiger partial charge in [-0.05, 0) is 24.8 Å². The van der Waals surface area contributed by atoms with Crippen LogP contribution in [-0.4, -0.2) is 34.6 Å². The Morgan fingerprint density at radius 3 is 2.39 bits per heavy atom. The van der Waals surface area contributed by atoms with Gasteiger partial charge in [-0.2, -0.15) is 0 Å². The highest BCUT2D eigenvalue weighted by Gasteiger charge is 2.46. The van der Waals surface area contributed by atoms with E-state index in [1.54, 1.807) is 13.0 Å². The molecule has 2 aliphatic rings. The molecule has 0 bridgehead atoms. The third-order valence-corrected chi connectivity index (χ3v) is 4.10. The normalized spacial score (nSPS) is 23.0. The topological polar surface area (TPSA) is 83.6 Å². The standard InChI is InChI=1S/C17H20N2O4/c1-5-10(9(3)4)14-11(6-2)16(22)19(17(14)23)12-7-8-13(20)18-15(12)21/h5-6,9,12H,2,7-8H2,1,3-4H3,(H,18,20,21)/b10-5-. The van der Waals surface area contributed by atoms with Crippen LogP contribution in [0.15, 0.2) is 35.5 Å². The Labute approximate surface area is 134 Å². The number of nitrogens with one attached hydrogen (secondary N) is 1. The zero-order valence-corrected chi connectivity index (χ0v) is 13.5. The van der Waals surface area contributed by atoms with E-state index in [1.165, 1.54) is 6.08 Å². The van der Waals surface area contributed by atoms with Crippen LogP contribution in [-0.2, 0) is 19.2 Å². The molecule has 0 aromatic heterocycles. The Morgan fingerprint density at radius 2 is 1.91 bits per heavy atom. The number of carbonyl (C=O) groups excluding carboxylic acids is 4. The van der Waals surface area contributed by atoms with Crippen molar-refractivity contribution in [1.29, 1.82) is 0 Å². The second-order valence-corrected chi connectivity index (χ2v) is 5.84. The van der Waals surface area contributed by atoms with Gasteiger partial charge in [-0.15, -0.1) is 0 Å². The highest BCUT2D eigenvalue weighted by Crippen LogP contribution is 2.33. The van der Waals surface area contributed by atoms with E-state index < -0.39 is 29.7 Å². The number of imide groups is 2. The van der Waals surface area contributed by atoms with Crippen LogP contribution in [0, 0.1) is 5.92 Å². The number of piperidine rings is 1. The molecule has 2 aliphatic heterocycles. The van der Waals surface area contributed by atoms with E-state index in [9.17, 15) is 19.2 Å². The van der Waals surface area contributed by atoms with Crippen molar-refractivity contribution in [2.75, 3.05) is 0 Å². The fraction of sp³-hybridized carbons (Fsp3) is 0.412. The Bertz CT molecular complexity index is 670. The maximum atomic E-state index is 12.8. The monoisotopic (exact) mass is 316 g/mol. The number of carbonyl (C=O) groups is 4. The van der Waals surface area contributed by atoms with Crippen LogP contribution in [0.1, 0.15) is 33.6 Å². The van der Waals surface area contributed by atoms with Crippen LogP contribution in [0.3, 0.4) is 0 Å². The Balaban J connectivity index is 2.44. The number of amides is 4. The molecule has 4 amide bonds. The van der Waals surface area contributed by atoms with Crippen LogP contribution in [0.25, 0.3) is 0 Å². The van der Waals surface area contributed by atoms with Crippen molar-refractivity contribution in [3.05, 3.63) is 35.5 Å². The molecule has 0 radical (unpaired) electrons.